The maximum atomic E-state index is 12.8. The molecule has 0 spiro atoms. The number of aryl methyl sites for hydroxylation is 1. The average Bonchev–Trinajstić information content (AvgIpc) is 3.67. The topological polar surface area (TPSA) is 147 Å². The summed E-state index contributed by atoms with van der Waals surface area (Å²) in [7, 11) is 0. The Morgan fingerprint density at radius 2 is 1.71 bits per heavy atom. The van der Waals surface area contributed by atoms with Crippen molar-refractivity contribution in [1.82, 2.24) is 26.6 Å². The molecule has 0 unspecified atom stereocenters. The number of carbonyl (C=O) groups is 3. The molecule has 2 aliphatic carbocycles. The maximum Gasteiger partial charge on any atom is 0.315 e. The average molecular weight is 775 g/mol. The van der Waals surface area contributed by atoms with Crippen molar-refractivity contribution in [3.05, 3.63) is 59.7 Å². The number of urea groups is 1. The first-order valence-electron chi connectivity index (χ1n) is 20.9. The van der Waals surface area contributed by atoms with E-state index in [-0.39, 0.29) is 35.5 Å². The van der Waals surface area contributed by atoms with E-state index in [2.05, 4.69) is 89.0 Å². The van der Waals surface area contributed by atoms with Crippen molar-refractivity contribution in [3.63, 3.8) is 0 Å². The van der Waals surface area contributed by atoms with E-state index in [4.69, 9.17) is 10.5 Å². The third-order valence-corrected chi connectivity index (χ3v) is 13.6. The van der Waals surface area contributed by atoms with Gasteiger partial charge in [-0.2, -0.15) is 11.8 Å². The zero-order chi connectivity index (χ0) is 39.0. The standard InChI is InChI=1S/C44H66N6O4S/c1-43(2,50-40(52)11-6-5-10-38-41-37(28-55-38)48-42(53)49-41)23-25-54-44(3,4)22-24-46-39(51)21-12-29-8-7-9-32(26-29)30-13-15-31(16-14-30)35-27-36(35)47-34-19-17-33(45)18-20-34/h7-9,13-16,26,33-38,41,47H,5-6,10-12,17-25,27-28,45H2,1-4H3,(H,46,51)(H,50,52)(H2,48,49,53)/t33?,34?,35-,36+,37-,38-,41-/m0/s1. The fraction of sp³-hybridized carbons (Fsp3) is 0.659. The highest BCUT2D eigenvalue weighted by Crippen LogP contribution is 2.42. The van der Waals surface area contributed by atoms with Crippen molar-refractivity contribution in [3.8, 4) is 11.1 Å². The van der Waals surface area contributed by atoms with Crippen LogP contribution in [-0.4, -0.2) is 83.3 Å². The van der Waals surface area contributed by atoms with Gasteiger partial charge in [0, 0.05) is 66.6 Å². The summed E-state index contributed by atoms with van der Waals surface area (Å²) in [6.45, 7) is 9.24. The van der Waals surface area contributed by atoms with Gasteiger partial charge in [0.1, 0.15) is 0 Å². The van der Waals surface area contributed by atoms with Crippen LogP contribution < -0.4 is 32.3 Å². The van der Waals surface area contributed by atoms with Crippen LogP contribution in [0.1, 0.15) is 122 Å². The molecule has 4 fully saturated rings. The number of carbonyl (C=O) groups excluding carboxylic acids is 3. The van der Waals surface area contributed by atoms with Crippen LogP contribution in [0.2, 0.25) is 0 Å². The molecule has 302 valence electrons. The molecule has 0 aromatic heterocycles. The van der Waals surface area contributed by atoms with Gasteiger partial charge in [-0.05, 0) is 114 Å². The van der Waals surface area contributed by atoms with Gasteiger partial charge in [0.05, 0.1) is 17.7 Å². The molecule has 11 heteroatoms. The van der Waals surface area contributed by atoms with Crippen molar-refractivity contribution in [2.24, 2.45) is 5.73 Å². The molecule has 2 heterocycles. The third-order valence-electron chi connectivity index (χ3n) is 12.1. The van der Waals surface area contributed by atoms with Crippen molar-refractivity contribution >= 4 is 29.6 Å². The predicted octanol–water partition coefficient (Wildman–Crippen LogP) is 6.31. The van der Waals surface area contributed by atoms with Gasteiger partial charge in [-0.25, -0.2) is 4.79 Å². The summed E-state index contributed by atoms with van der Waals surface area (Å²) >= 11 is 1.91. The Hall–Kier alpha value is -3.12. The van der Waals surface area contributed by atoms with Gasteiger partial charge in [0.25, 0.3) is 0 Å². The van der Waals surface area contributed by atoms with Gasteiger partial charge < -0.3 is 37.1 Å². The van der Waals surface area contributed by atoms with Crippen LogP contribution in [0.5, 0.6) is 0 Å². The lowest BCUT2D eigenvalue weighted by atomic mass is 9.91. The summed E-state index contributed by atoms with van der Waals surface area (Å²) in [6.07, 6.45) is 11.7. The van der Waals surface area contributed by atoms with E-state index in [1.807, 2.05) is 25.6 Å². The Labute approximate surface area is 333 Å². The van der Waals surface area contributed by atoms with Gasteiger partial charge in [-0.15, -0.1) is 0 Å². The normalized spacial score (nSPS) is 26.2. The van der Waals surface area contributed by atoms with Crippen molar-refractivity contribution in [2.75, 3.05) is 18.9 Å². The van der Waals surface area contributed by atoms with Gasteiger partial charge in [-0.3, -0.25) is 9.59 Å². The molecular formula is C44H66N6O4S. The lowest BCUT2D eigenvalue weighted by Crippen LogP contribution is -2.44. The van der Waals surface area contributed by atoms with E-state index in [9.17, 15) is 14.4 Å². The van der Waals surface area contributed by atoms with Crippen molar-refractivity contribution < 1.29 is 19.1 Å². The Morgan fingerprint density at radius 3 is 2.49 bits per heavy atom. The molecule has 5 atom stereocenters. The monoisotopic (exact) mass is 774 g/mol. The highest BCUT2D eigenvalue weighted by atomic mass is 32.2. The number of fused-ring (bicyclic) bond motifs is 1. The van der Waals surface area contributed by atoms with Gasteiger partial charge in [0.2, 0.25) is 11.8 Å². The minimum absolute atomic E-state index is 0.0478. The van der Waals surface area contributed by atoms with E-state index in [1.165, 1.54) is 36.0 Å². The number of unbranched alkanes of at least 4 members (excludes halogenated alkanes) is 1. The Bertz CT molecular complexity index is 1590. The first kappa shape index (κ1) is 41.5. The molecular weight excluding hydrogens is 709 g/mol. The predicted molar refractivity (Wildman–Crippen MR) is 223 cm³/mol. The number of rotatable bonds is 20. The Morgan fingerprint density at radius 1 is 0.927 bits per heavy atom. The molecule has 0 radical (unpaired) electrons. The Balaban J connectivity index is 0.821. The number of ether oxygens (including phenoxy) is 1. The summed E-state index contributed by atoms with van der Waals surface area (Å²) in [6, 6.07) is 19.6. The van der Waals surface area contributed by atoms with Gasteiger partial charge in [0.15, 0.2) is 0 Å². The molecule has 2 aromatic rings. The van der Waals surface area contributed by atoms with E-state index in [0.717, 1.165) is 43.4 Å². The second kappa shape index (κ2) is 18.9. The molecule has 10 nitrogen and oxygen atoms in total. The molecule has 2 aliphatic heterocycles. The number of hydrogen-bond acceptors (Lipinski definition) is 7. The number of benzene rings is 2. The van der Waals surface area contributed by atoms with Crippen LogP contribution in [0.4, 0.5) is 4.79 Å². The van der Waals surface area contributed by atoms with E-state index in [1.54, 1.807) is 0 Å². The smallest absolute Gasteiger partial charge is 0.315 e. The van der Waals surface area contributed by atoms with E-state index in [0.29, 0.717) is 74.5 Å². The quantitative estimate of drug-likeness (QED) is 0.0683. The van der Waals surface area contributed by atoms with Crippen molar-refractivity contribution in [2.45, 2.75) is 164 Å². The summed E-state index contributed by atoms with van der Waals surface area (Å²) in [5.41, 5.74) is 10.3. The molecule has 4 aliphatic rings. The zero-order valence-electron chi connectivity index (χ0n) is 33.6. The fourth-order valence-electron chi connectivity index (χ4n) is 8.45. The van der Waals surface area contributed by atoms with Crippen LogP contribution in [0.15, 0.2) is 48.5 Å². The number of amides is 4. The highest BCUT2D eigenvalue weighted by molar-refractivity contribution is 8.00. The minimum atomic E-state index is -0.399. The fourth-order valence-corrected chi connectivity index (χ4v) is 9.99. The molecule has 2 aromatic carbocycles. The molecule has 7 N–H and O–H groups in total. The second-order valence-corrected chi connectivity index (χ2v) is 19.1. The first-order chi connectivity index (χ1) is 26.3. The molecule has 55 heavy (non-hydrogen) atoms. The summed E-state index contributed by atoms with van der Waals surface area (Å²) in [4.78, 5) is 37.1. The van der Waals surface area contributed by atoms with Crippen LogP contribution in [0, 0.1) is 0 Å². The first-order valence-corrected chi connectivity index (χ1v) is 22.0. The van der Waals surface area contributed by atoms with E-state index >= 15 is 0 Å². The largest absolute Gasteiger partial charge is 0.375 e. The number of nitrogens with one attached hydrogen (secondary N) is 5. The minimum Gasteiger partial charge on any atom is -0.375 e. The zero-order valence-corrected chi connectivity index (χ0v) is 34.4. The maximum absolute atomic E-state index is 12.8. The van der Waals surface area contributed by atoms with Crippen LogP contribution in [-0.2, 0) is 20.7 Å². The lowest BCUT2D eigenvalue weighted by Gasteiger charge is -2.30. The molecule has 6 rings (SSSR count). The number of hydrogen-bond donors (Lipinski definition) is 6. The van der Waals surface area contributed by atoms with Crippen LogP contribution in [0.25, 0.3) is 11.1 Å². The van der Waals surface area contributed by atoms with Crippen LogP contribution in [0.3, 0.4) is 0 Å². The number of nitrogens with two attached hydrogens (primary N) is 1. The third kappa shape index (κ3) is 12.7. The highest BCUT2D eigenvalue weighted by Gasteiger charge is 2.42. The molecule has 0 bridgehead atoms. The van der Waals surface area contributed by atoms with Gasteiger partial charge >= 0.3 is 6.03 Å². The summed E-state index contributed by atoms with van der Waals surface area (Å²) in [5, 5.41) is 16.6. The number of thioether (sulfide) groups is 1. The summed E-state index contributed by atoms with van der Waals surface area (Å²) < 4.78 is 6.23. The molecule has 2 saturated heterocycles. The van der Waals surface area contributed by atoms with Crippen molar-refractivity contribution in [1.29, 1.82) is 0 Å². The molecule has 4 amide bonds. The Kier molecular flexibility index (Phi) is 14.3. The van der Waals surface area contributed by atoms with Gasteiger partial charge in [-0.1, -0.05) is 55.0 Å². The second-order valence-electron chi connectivity index (χ2n) is 17.8. The van der Waals surface area contributed by atoms with Crippen LogP contribution >= 0.6 is 11.8 Å². The molecule has 2 saturated carbocycles. The SMILES string of the molecule is CC(C)(CCOC(C)(C)CCNC(=O)CCc1cccc(-c2ccc([C@@H]3C[C@H]3NC3CCC(N)CC3)cc2)c1)NC(=O)CCCC[C@@H]1SC[C@@H]2NC(=O)N[C@@H]21. The van der Waals surface area contributed by atoms with E-state index < -0.39 is 5.60 Å². The lowest BCUT2D eigenvalue weighted by molar-refractivity contribution is -0.123. The summed E-state index contributed by atoms with van der Waals surface area (Å²) in [5.74, 6) is 1.68.